The van der Waals surface area contributed by atoms with Crippen LogP contribution in [0.5, 0.6) is 0 Å². The molecule has 0 unspecified atom stereocenters. The predicted molar refractivity (Wildman–Crippen MR) is 109 cm³/mol. The molecule has 0 aromatic heterocycles. The smallest absolute Gasteiger partial charge is 0.295 e. The highest BCUT2D eigenvalue weighted by Gasteiger charge is 2.45. The van der Waals surface area contributed by atoms with Crippen LogP contribution in [-0.4, -0.2) is 48.9 Å². The van der Waals surface area contributed by atoms with Crippen molar-refractivity contribution >= 4 is 29.1 Å². The number of amides is 1. The fraction of sp³-hybridized carbons (Fsp3) is 0.273. The number of rotatable bonds is 6. The van der Waals surface area contributed by atoms with E-state index >= 15 is 0 Å². The third-order valence-corrected chi connectivity index (χ3v) is 5.10. The van der Waals surface area contributed by atoms with Crippen LogP contribution in [0.4, 0.5) is 0 Å². The molecule has 28 heavy (non-hydrogen) atoms. The van der Waals surface area contributed by atoms with E-state index in [1.807, 2.05) is 44.4 Å². The van der Waals surface area contributed by atoms with Crippen molar-refractivity contribution in [3.05, 3.63) is 76.3 Å². The number of halogens is 1. The zero-order valence-electron chi connectivity index (χ0n) is 16.0. The Labute approximate surface area is 169 Å². The average Bonchev–Trinajstić information content (AvgIpc) is 2.93. The second kappa shape index (κ2) is 8.59. The van der Waals surface area contributed by atoms with Gasteiger partial charge in [-0.3, -0.25) is 9.59 Å². The summed E-state index contributed by atoms with van der Waals surface area (Å²) in [7, 11) is 4.09. The van der Waals surface area contributed by atoms with E-state index < -0.39 is 17.7 Å². The third kappa shape index (κ3) is 4.11. The van der Waals surface area contributed by atoms with Gasteiger partial charge in [-0.2, -0.15) is 0 Å². The summed E-state index contributed by atoms with van der Waals surface area (Å²) in [4.78, 5) is 28.4. The van der Waals surface area contributed by atoms with Gasteiger partial charge in [0.1, 0.15) is 5.76 Å². The van der Waals surface area contributed by atoms with Crippen molar-refractivity contribution in [1.29, 1.82) is 0 Å². The first-order valence-corrected chi connectivity index (χ1v) is 9.66. The van der Waals surface area contributed by atoms with Gasteiger partial charge >= 0.3 is 0 Å². The van der Waals surface area contributed by atoms with Gasteiger partial charge in [0.25, 0.3) is 11.7 Å². The number of Topliss-reactive ketones (excluding diaryl/α,β-unsaturated/α-hetero) is 1. The number of quaternary nitrogens is 1. The van der Waals surface area contributed by atoms with Crippen LogP contribution in [0.25, 0.3) is 5.76 Å². The summed E-state index contributed by atoms with van der Waals surface area (Å²) in [6, 6.07) is 15.3. The maximum atomic E-state index is 12.8. The van der Waals surface area contributed by atoms with E-state index in [4.69, 9.17) is 11.6 Å². The number of nitrogens with zero attached hydrogens (tertiary/aromatic N) is 1. The lowest BCUT2D eigenvalue weighted by Crippen LogP contribution is -3.05. The number of aliphatic hydroxyl groups excluding tert-OH is 1. The Kier molecular flexibility index (Phi) is 6.17. The summed E-state index contributed by atoms with van der Waals surface area (Å²) in [6.07, 6.45) is 0.764. The first-order chi connectivity index (χ1) is 13.4. The molecule has 2 aromatic rings. The molecule has 146 valence electrons. The van der Waals surface area contributed by atoms with Crippen molar-refractivity contribution in [2.75, 3.05) is 27.2 Å². The summed E-state index contributed by atoms with van der Waals surface area (Å²) < 4.78 is 0. The minimum Gasteiger partial charge on any atom is -0.507 e. The molecular formula is C22H24ClN2O3+. The number of hydrogen-bond acceptors (Lipinski definition) is 3. The van der Waals surface area contributed by atoms with Crippen molar-refractivity contribution in [1.82, 2.24) is 4.90 Å². The van der Waals surface area contributed by atoms with Gasteiger partial charge in [0, 0.05) is 23.6 Å². The number of hydrogen-bond donors (Lipinski definition) is 2. The highest BCUT2D eigenvalue weighted by molar-refractivity contribution is 6.46. The van der Waals surface area contributed by atoms with Gasteiger partial charge in [-0.15, -0.1) is 0 Å². The van der Waals surface area contributed by atoms with Gasteiger partial charge < -0.3 is 14.9 Å². The van der Waals surface area contributed by atoms with Crippen molar-refractivity contribution in [3.8, 4) is 0 Å². The second-order valence-electron chi connectivity index (χ2n) is 7.22. The van der Waals surface area contributed by atoms with Crippen LogP contribution in [-0.2, 0) is 9.59 Å². The van der Waals surface area contributed by atoms with E-state index in [0.717, 1.165) is 18.5 Å². The summed E-state index contributed by atoms with van der Waals surface area (Å²) in [5, 5.41) is 11.4. The Hall–Kier alpha value is -2.63. The Morgan fingerprint density at radius 1 is 1.07 bits per heavy atom. The van der Waals surface area contributed by atoms with Gasteiger partial charge in [0.15, 0.2) is 0 Å². The quantitative estimate of drug-likeness (QED) is 0.445. The van der Waals surface area contributed by atoms with E-state index in [-0.39, 0.29) is 11.3 Å². The fourth-order valence-corrected chi connectivity index (χ4v) is 3.58. The molecule has 2 N–H and O–H groups in total. The highest BCUT2D eigenvalue weighted by atomic mass is 35.5. The molecule has 3 rings (SSSR count). The molecule has 1 aliphatic heterocycles. The Morgan fingerprint density at radius 3 is 2.32 bits per heavy atom. The molecule has 1 fully saturated rings. The number of carbonyl (C=O) groups is 2. The van der Waals surface area contributed by atoms with Crippen LogP contribution < -0.4 is 4.90 Å². The lowest BCUT2D eigenvalue weighted by molar-refractivity contribution is -0.858. The van der Waals surface area contributed by atoms with Crippen molar-refractivity contribution in [2.24, 2.45) is 0 Å². The number of carbonyl (C=O) groups excluding carboxylic acids is 2. The zero-order chi connectivity index (χ0) is 20.3. The minimum absolute atomic E-state index is 0.121. The summed E-state index contributed by atoms with van der Waals surface area (Å²) in [5.74, 6) is -1.40. The van der Waals surface area contributed by atoms with Gasteiger partial charge in [-0.1, -0.05) is 41.9 Å². The zero-order valence-corrected chi connectivity index (χ0v) is 16.7. The Balaban J connectivity index is 2.06. The molecule has 1 saturated heterocycles. The molecule has 6 heteroatoms. The van der Waals surface area contributed by atoms with Crippen molar-refractivity contribution < 1.29 is 19.6 Å². The van der Waals surface area contributed by atoms with Gasteiger partial charge in [0.05, 0.1) is 32.3 Å². The topological polar surface area (TPSA) is 62.0 Å². The molecule has 1 heterocycles. The van der Waals surface area contributed by atoms with E-state index in [1.165, 1.54) is 4.90 Å². The van der Waals surface area contributed by atoms with Crippen LogP contribution in [0, 0.1) is 0 Å². The predicted octanol–water partition coefficient (Wildman–Crippen LogP) is 2.30. The Bertz CT molecular complexity index is 892. The summed E-state index contributed by atoms with van der Waals surface area (Å²) >= 11 is 5.93. The first-order valence-electron chi connectivity index (χ1n) is 9.28. The normalized spacial score (nSPS) is 18.9. The van der Waals surface area contributed by atoms with E-state index in [0.29, 0.717) is 17.1 Å². The molecule has 5 nitrogen and oxygen atoms in total. The van der Waals surface area contributed by atoms with E-state index in [9.17, 15) is 14.7 Å². The van der Waals surface area contributed by atoms with Crippen molar-refractivity contribution in [3.63, 3.8) is 0 Å². The molecule has 1 atom stereocenters. The fourth-order valence-electron chi connectivity index (χ4n) is 3.46. The lowest BCUT2D eigenvalue weighted by atomic mass is 9.95. The van der Waals surface area contributed by atoms with Crippen LogP contribution in [0.2, 0.25) is 5.02 Å². The average molecular weight is 400 g/mol. The maximum Gasteiger partial charge on any atom is 0.295 e. The first kappa shape index (κ1) is 20.1. The van der Waals surface area contributed by atoms with Crippen molar-refractivity contribution in [2.45, 2.75) is 12.5 Å². The monoisotopic (exact) mass is 399 g/mol. The molecule has 0 bridgehead atoms. The maximum absolute atomic E-state index is 12.8. The summed E-state index contributed by atoms with van der Waals surface area (Å²) in [6.45, 7) is 1.33. The standard InChI is InChI=1S/C22H23ClN2O3/c1-24(2)13-6-14-25-19(15-7-4-3-5-8-15)18(21(27)22(25)28)20(26)16-9-11-17(23)12-10-16/h3-5,7-12,19,26H,6,13-14H2,1-2H3/p+1/t19-/m0/s1. The van der Waals surface area contributed by atoms with Crippen LogP contribution in [0.15, 0.2) is 60.2 Å². The second-order valence-corrected chi connectivity index (χ2v) is 7.66. The largest absolute Gasteiger partial charge is 0.507 e. The minimum atomic E-state index is -0.654. The Morgan fingerprint density at radius 2 is 1.71 bits per heavy atom. The van der Waals surface area contributed by atoms with Gasteiger partial charge in [-0.25, -0.2) is 0 Å². The third-order valence-electron chi connectivity index (χ3n) is 4.85. The highest BCUT2D eigenvalue weighted by Crippen LogP contribution is 2.39. The number of likely N-dealkylation sites (tertiary alicyclic amines) is 1. The van der Waals surface area contributed by atoms with Gasteiger partial charge in [-0.05, 0) is 29.8 Å². The number of ketones is 1. The molecule has 0 saturated carbocycles. The van der Waals surface area contributed by atoms with Crippen LogP contribution in [0.3, 0.4) is 0 Å². The summed E-state index contributed by atoms with van der Waals surface area (Å²) in [5.41, 5.74) is 1.38. The molecule has 0 radical (unpaired) electrons. The molecular weight excluding hydrogens is 376 g/mol. The van der Waals surface area contributed by atoms with E-state index in [2.05, 4.69) is 0 Å². The van der Waals surface area contributed by atoms with E-state index in [1.54, 1.807) is 29.2 Å². The molecule has 0 spiro atoms. The van der Waals surface area contributed by atoms with Gasteiger partial charge in [0.2, 0.25) is 0 Å². The number of benzene rings is 2. The van der Waals surface area contributed by atoms with Crippen LogP contribution >= 0.6 is 11.6 Å². The molecule has 0 aliphatic carbocycles. The molecule has 1 aliphatic rings. The molecule has 2 aromatic carbocycles. The van der Waals surface area contributed by atoms with Crippen LogP contribution in [0.1, 0.15) is 23.6 Å². The lowest BCUT2D eigenvalue weighted by Gasteiger charge is -2.25. The number of aliphatic hydroxyl groups is 1. The SMILES string of the molecule is C[NH+](C)CCCN1C(=O)C(=O)C(=C(O)c2ccc(Cl)cc2)[C@@H]1c1ccccc1. The number of nitrogens with one attached hydrogen (secondary N) is 1. The molecule has 1 amide bonds.